The molecule has 0 amide bonds. The SMILES string of the molecule is CCOC1(C(N)CCS(C)(=O)=O)CCCC(C)C1. The molecular formula is C13H27NO3S. The first-order valence-corrected chi connectivity index (χ1v) is 8.92. The van der Waals surface area contributed by atoms with Crippen LogP contribution in [0.15, 0.2) is 0 Å². The Labute approximate surface area is 111 Å². The van der Waals surface area contributed by atoms with E-state index in [0.29, 0.717) is 18.9 Å². The molecule has 0 aliphatic heterocycles. The van der Waals surface area contributed by atoms with Crippen molar-refractivity contribution in [2.75, 3.05) is 18.6 Å². The fourth-order valence-corrected chi connectivity index (χ4v) is 3.69. The van der Waals surface area contributed by atoms with Gasteiger partial charge < -0.3 is 10.5 Å². The van der Waals surface area contributed by atoms with Crippen LogP contribution in [0.2, 0.25) is 0 Å². The van der Waals surface area contributed by atoms with E-state index in [1.54, 1.807) is 0 Å². The predicted octanol–water partition coefficient (Wildman–Crippen LogP) is 1.73. The molecule has 1 fully saturated rings. The molecule has 0 aromatic rings. The number of rotatable bonds is 6. The minimum absolute atomic E-state index is 0.150. The van der Waals surface area contributed by atoms with Crippen LogP contribution in [0.1, 0.15) is 46.0 Å². The van der Waals surface area contributed by atoms with Crippen molar-refractivity contribution in [2.45, 2.75) is 57.6 Å². The van der Waals surface area contributed by atoms with Crippen LogP contribution < -0.4 is 5.73 Å². The molecule has 18 heavy (non-hydrogen) atoms. The van der Waals surface area contributed by atoms with Gasteiger partial charge in [-0.05, 0) is 32.1 Å². The maximum absolute atomic E-state index is 11.2. The van der Waals surface area contributed by atoms with Crippen molar-refractivity contribution < 1.29 is 13.2 Å². The van der Waals surface area contributed by atoms with E-state index in [4.69, 9.17) is 10.5 Å². The summed E-state index contributed by atoms with van der Waals surface area (Å²) in [6, 6.07) is -0.185. The molecule has 1 aliphatic carbocycles. The summed E-state index contributed by atoms with van der Waals surface area (Å²) in [5, 5.41) is 0. The van der Waals surface area contributed by atoms with E-state index in [1.807, 2.05) is 6.92 Å². The largest absolute Gasteiger partial charge is 0.374 e. The van der Waals surface area contributed by atoms with Gasteiger partial charge in [0.25, 0.3) is 0 Å². The van der Waals surface area contributed by atoms with Crippen molar-refractivity contribution in [1.29, 1.82) is 0 Å². The molecule has 0 radical (unpaired) electrons. The van der Waals surface area contributed by atoms with Gasteiger partial charge in [-0.15, -0.1) is 0 Å². The molecule has 1 aliphatic rings. The van der Waals surface area contributed by atoms with Crippen LogP contribution in [0, 0.1) is 5.92 Å². The van der Waals surface area contributed by atoms with Crippen LogP contribution in [-0.4, -0.2) is 38.7 Å². The molecule has 0 saturated heterocycles. The van der Waals surface area contributed by atoms with Crippen molar-refractivity contribution in [2.24, 2.45) is 11.7 Å². The summed E-state index contributed by atoms with van der Waals surface area (Å²) in [6.07, 6.45) is 5.99. The first-order chi connectivity index (χ1) is 8.29. The Balaban J connectivity index is 2.70. The second-order valence-corrected chi connectivity index (χ2v) is 7.98. The Morgan fingerprint density at radius 1 is 1.50 bits per heavy atom. The molecule has 0 heterocycles. The molecule has 0 spiro atoms. The van der Waals surface area contributed by atoms with Gasteiger partial charge in [0.2, 0.25) is 0 Å². The lowest BCUT2D eigenvalue weighted by atomic mass is 9.74. The molecule has 0 aromatic carbocycles. The summed E-state index contributed by atoms with van der Waals surface area (Å²) in [6.45, 7) is 4.83. The minimum Gasteiger partial charge on any atom is -0.374 e. The zero-order valence-electron chi connectivity index (χ0n) is 11.8. The normalized spacial score (nSPS) is 31.2. The Morgan fingerprint density at radius 3 is 2.67 bits per heavy atom. The molecule has 3 atom stereocenters. The fraction of sp³-hybridized carbons (Fsp3) is 1.00. The van der Waals surface area contributed by atoms with Crippen LogP contribution in [-0.2, 0) is 14.6 Å². The van der Waals surface area contributed by atoms with Crippen molar-refractivity contribution in [1.82, 2.24) is 0 Å². The molecule has 1 saturated carbocycles. The van der Waals surface area contributed by atoms with E-state index in [1.165, 1.54) is 12.7 Å². The summed E-state index contributed by atoms with van der Waals surface area (Å²) < 4.78 is 28.4. The predicted molar refractivity (Wildman–Crippen MR) is 74.3 cm³/mol. The highest BCUT2D eigenvalue weighted by molar-refractivity contribution is 7.90. The third-order valence-corrected chi connectivity index (χ3v) is 4.88. The Hall–Kier alpha value is -0.130. The van der Waals surface area contributed by atoms with E-state index < -0.39 is 9.84 Å². The molecule has 1 rings (SSSR count). The van der Waals surface area contributed by atoms with E-state index >= 15 is 0 Å². The van der Waals surface area contributed by atoms with Gasteiger partial charge in [-0.3, -0.25) is 0 Å². The first kappa shape index (κ1) is 15.9. The van der Waals surface area contributed by atoms with Crippen LogP contribution in [0.5, 0.6) is 0 Å². The topological polar surface area (TPSA) is 69.4 Å². The third kappa shape index (κ3) is 4.52. The highest BCUT2D eigenvalue weighted by atomic mass is 32.2. The number of ether oxygens (including phenoxy) is 1. The second-order valence-electron chi connectivity index (χ2n) is 5.72. The highest BCUT2D eigenvalue weighted by Gasteiger charge is 2.40. The smallest absolute Gasteiger partial charge is 0.147 e. The Kier molecular flexibility index (Phi) is 5.62. The van der Waals surface area contributed by atoms with E-state index in [-0.39, 0.29) is 17.4 Å². The second kappa shape index (κ2) is 6.35. The lowest BCUT2D eigenvalue weighted by Gasteiger charge is -2.44. The Bertz CT molecular complexity index is 351. The summed E-state index contributed by atoms with van der Waals surface area (Å²) >= 11 is 0. The van der Waals surface area contributed by atoms with Gasteiger partial charge in [0.1, 0.15) is 9.84 Å². The molecular weight excluding hydrogens is 250 g/mol. The molecule has 3 unspecified atom stereocenters. The average Bonchev–Trinajstić information content (AvgIpc) is 2.25. The number of hydrogen-bond donors (Lipinski definition) is 1. The van der Waals surface area contributed by atoms with Crippen LogP contribution in [0.3, 0.4) is 0 Å². The number of sulfone groups is 1. The Morgan fingerprint density at radius 2 is 2.17 bits per heavy atom. The van der Waals surface area contributed by atoms with Gasteiger partial charge in [-0.1, -0.05) is 19.8 Å². The van der Waals surface area contributed by atoms with E-state index in [0.717, 1.165) is 19.3 Å². The monoisotopic (exact) mass is 277 g/mol. The summed E-state index contributed by atoms with van der Waals surface area (Å²) in [5.74, 6) is 0.756. The third-order valence-electron chi connectivity index (χ3n) is 3.90. The van der Waals surface area contributed by atoms with Crippen molar-refractivity contribution in [3.8, 4) is 0 Å². The standard InChI is InChI=1S/C13H27NO3S/c1-4-17-13(8-5-6-11(2)10-13)12(14)7-9-18(3,15)16/h11-12H,4-10,14H2,1-3H3. The quantitative estimate of drug-likeness (QED) is 0.803. The number of hydrogen-bond acceptors (Lipinski definition) is 4. The van der Waals surface area contributed by atoms with Crippen LogP contribution in [0.25, 0.3) is 0 Å². The lowest BCUT2D eigenvalue weighted by molar-refractivity contribution is -0.0930. The van der Waals surface area contributed by atoms with Crippen LogP contribution >= 0.6 is 0 Å². The first-order valence-electron chi connectivity index (χ1n) is 6.86. The maximum atomic E-state index is 11.2. The van der Waals surface area contributed by atoms with Gasteiger partial charge in [0, 0.05) is 18.9 Å². The zero-order valence-corrected chi connectivity index (χ0v) is 12.6. The molecule has 108 valence electrons. The van der Waals surface area contributed by atoms with E-state index in [9.17, 15) is 8.42 Å². The highest BCUT2D eigenvalue weighted by Crippen LogP contribution is 2.38. The zero-order chi connectivity index (χ0) is 13.8. The molecule has 4 nitrogen and oxygen atoms in total. The van der Waals surface area contributed by atoms with Crippen molar-refractivity contribution >= 4 is 9.84 Å². The van der Waals surface area contributed by atoms with Crippen LogP contribution in [0.4, 0.5) is 0 Å². The molecule has 0 aromatic heterocycles. The van der Waals surface area contributed by atoms with E-state index in [2.05, 4.69) is 6.92 Å². The summed E-state index contributed by atoms with van der Waals surface area (Å²) in [7, 11) is -2.95. The van der Waals surface area contributed by atoms with Crippen molar-refractivity contribution in [3.05, 3.63) is 0 Å². The minimum atomic E-state index is -2.95. The van der Waals surface area contributed by atoms with Gasteiger partial charge in [-0.2, -0.15) is 0 Å². The number of nitrogens with two attached hydrogens (primary N) is 1. The van der Waals surface area contributed by atoms with Gasteiger partial charge in [0.05, 0.1) is 11.4 Å². The lowest BCUT2D eigenvalue weighted by Crippen LogP contribution is -2.53. The van der Waals surface area contributed by atoms with Crippen molar-refractivity contribution in [3.63, 3.8) is 0 Å². The molecule has 2 N–H and O–H groups in total. The summed E-state index contributed by atoms with van der Waals surface area (Å²) in [4.78, 5) is 0. The van der Waals surface area contributed by atoms with Gasteiger partial charge in [-0.25, -0.2) is 8.42 Å². The molecule has 0 bridgehead atoms. The fourth-order valence-electron chi connectivity index (χ4n) is 3.01. The summed E-state index contributed by atoms with van der Waals surface area (Å²) in [5.41, 5.74) is 5.94. The average molecular weight is 277 g/mol. The van der Waals surface area contributed by atoms with Gasteiger partial charge in [0.15, 0.2) is 0 Å². The maximum Gasteiger partial charge on any atom is 0.147 e. The molecule has 5 heteroatoms. The van der Waals surface area contributed by atoms with Gasteiger partial charge >= 0.3 is 0 Å².